The maximum absolute atomic E-state index is 14.1. The van der Waals surface area contributed by atoms with Crippen LogP contribution >= 0.6 is 0 Å². The average molecular weight is 393 g/mol. The summed E-state index contributed by atoms with van der Waals surface area (Å²) in [6.07, 6.45) is 7.04. The van der Waals surface area contributed by atoms with Gasteiger partial charge in [0.15, 0.2) is 0 Å². The molecule has 0 fully saturated rings. The summed E-state index contributed by atoms with van der Waals surface area (Å²) in [7, 11) is 0. The van der Waals surface area contributed by atoms with Crippen LogP contribution < -0.4 is 0 Å². The van der Waals surface area contributed by atoms with E-state index in [-0.39, 0.29) is 29.5 Å². The number of rotatable bonds is 4. The Hall–Kier alpha value is -2.75. The van der Waals surface area contributed by atoms with Crippen LogP contribution in [0.25, 0.3) is 5.57 Å². The van der Waals surface area contributed by atoms with Crippen molar-refractivity contribution in [3.05, 3.63) is 89.0 Å². The van der Waals surface area contributed by atoms with Crippen molar-refractivity contribution in [3.8, 4) is 0 Å². The summed E-state index contributed by atoms with van der Waals surface area (Å²) in [5.74, 6) is -0.591. The third-order valence-electron chi connectivity index (χ3n) is 5.70. The molecule has 0 radical (unpaired) electrons. The predicted molar refractivity (Wildman–Crippen MR) is 113 cm³/mol. The van der Waals surface area contributed by atoms with Gasteiger partial charge in [-0.2, -0.15) is 0 Å². The fraction of sp³-hybridized carbons (Fsp3) is 0.320. The SMILES string of the molecule is CC(C)c1ccc(C2=CCC([C@@H]3N=C(c4c(F)cccc4F)O[C@@H]3C)C=C2)cc1. The maximum Gasteiger partial charge on any atom is 0.222 e. The van der Waals surface area contributed by atoms with Crippen molar-refractivity contribution in [2.45, 2.75) is 45.3 Å². The maximum atomic E-state index is 14.1. The van der Waals surface area contributed by atoms with Crippen molar-refractivity contribution < 1.29 is 13.5 Å². The standard InChI is InChI=1S/C25H25F2NO/c1-15(2)17-7-9-18(10-8-17)19-11-13-20(14-12-19)24-16(3)29-25(28-24)23-21(26)5-4-6-22(23)27/h4-13,15-16,20,24H,14H2,1-3H3/t16-,20?,24-/m1/s1. The summed E-state index contributed by atoms with van der Waals surface area (Å²) < 4.78 is 33.9. The van der Waals surface area contributed by atoms with Gasteiger partial charge in [-0.25, -0.2) is 13.8 Å². The van der Waals surface area contributed by atoms with Crippen molar-refractivity contribution >= 4 is 11.5 Å². The summed E-state index contributed by atoms with van der Waals surface area (Å²) in [6.45, 7) is 6.27. The van der Waals surface area contributed by atoms with E-state index >= 15 is 0 Å². The number of hydrogen-bond donors (Lipinski definition) is 0. The van der Waals surface area contributed by atoms with Gasteiger partial charge in [0.2, 0.25) is 5.90 Å². The molecule has 29 heavy (non-hydrogen) atoms. The fourth-order valence-corrected chi connectivity index (χ4v) is 3.95. The lowest BCUT2D eigenvalue weighted by Crippen LogP contribution is -2.27. The highest BCUT2D eigenvalue weighted by atomic mass is 19.1. The van der Waals surface area contributed by atoms with Gasteiger partial charge in [0.1, 0.15) is 23.3 Å². The minimum atomic E-state index is -0.650. The number of benzene rings is 2. The summed E-state index contributed by atoms with van der Waals surface area (Å²) in [6, 6.07) is 12.3. The zero-order valence-electron chi connectivity index (χ0n) is 16.9. The molecule has 1 unspecified atom stereocenters. The Morgan fingerprint density at radius 3 is 2.31 bits per heavy atom. The summed E-state index contributed by atoms with van der Waals surface area (Å²) in [5.41, 5.74) is 3.53. The van der Waals surface area contributed by atoms with E-state index in [0.29, 0.717) is 5.92 Å². The number of aliphatic imine (C=N–C) groups is 1. The lowest BCUT2D eigenvalue weighted by molar-refractivity contribution is 0.193. The van der Waals surface area contributed by atoms with Crippen LogP contribution in [0, 0.1) is 17.6 Å². The average Bonchev–Trinajstić information content (AvgIpc) is 3.09. The van der Waals surface area contributed by atoms with Crippen LogP contribution in [0.3, 0.4) is 0 Å². The first-order chi connectivity index (χ1) is 13.9. The van der Waals surface area contributed by atoms with E-state index in [1.807, 2.05) is 6.92 Å². The second kappa shape index (κ2) is 7.94. The molecule has 2 nitrogen and oxygen atoms in total. The van der Waals surface area contributed by atoms with Crippen molar-refractivity contribution in [1.82, 2.24) is 0 Å². The second-order valence-corrected chi connectivity index (χ2v) is 8.04. The molecule has 0 amide bonds. The van der Waals surface area contributed by atoms with Crippen LogP contribution in [0.1, 0.15) is 49.8 Å². The van der Waals surface area contributed by atoms with Gasteiger partial charge in [-0.15, -0.1) is 0 Å². The molecular formula is C25H25F2NO. The van der Waals surface area contributed by atoms with Gasteiger partial charge in [0, 0.05) is 5.92 Å². The molecule has 0 spiro atoms. The minimum Gasteiger partial charge on any atom is -0.472 e. The van der Waals surface area contributed by atoms with Gasteiger partial charge < -0.3 is 4.74 Å². The molecule has 1 heterocycles. The van der Waals surface area contributed by atoms with Crippen molar-refractivity contribution in [1.29, 1.82) is 0 Å². The van der Waals surface area contributed by atoms with Crippen molar-refractivity contribution in [2.24, 2.45) is 10.9 Å². The zero-order chi connectivity index (χ0) is 20.5. The molecule has 0 bridgehead atoms. The third kappa shape index (κ3) is 3.89. The van der Waals surface area contributed by atoms with Gasteiger partial charge in [0.05, 0.1) is 6.04 Å². The molecule has 2 aliphatic rings. The fourth-order valence-electron chi connectivity index (χ4n) is 3.95. The number of allylic oxidation sites excluding steroid dienone is 3. The van der Waals surface area contributed by atoms with E-state index in [4.69, 9.17) is 4.74 Å². The molecule has 4 heteroatoms. The van der Waals surface area contributed by atoms with E-state index in [1.165, 1.54) is 34.9 Å². The molecule has 3 atom stereocenters. The lowest BCUT2D eigenvalue weighted by Gasteiger charge is -2.23. The van der Waals surface area contributed by atoms with Crippen molar-refractivity contribution in [2.75, 3.05) is 0 Å². The third-order valence-corrected chi connectivity index (χ3v) is 5.70. The monoisotopic (exact) mass is 393 g/mol. The van der Waals surface area contributed by atoms with Crippen LogP contribution in [-0.4, -0.2) is 18.0 Å². The van der Waals surface area contributed by atoms with E-state index in [9.17, 15) is 8.78 Å². The molecule has 1 aliphatic heterocycles. The van der Waals surface area contributed by atoms with Crippen LogP contribution in [-0.2, 0) is 4.74 Å². The first-order valence-electron chi connectivity index (χ1n) is 10.1. The predicted octanol–water partition coefficient (Wildman–Crippen LogP) is 6.28. The molecule has 1 aliphatic carbocycles. The van der Waals surface area contributed by atoms with Gasteiger partial charge >= 0.3 is 0 Å². The summed E-state index contributed by atoms with van der Waals surface area (Å²) >= 11 is 0. The first-order valence-corrected chi connectivity index (χ1v) is 10.1. The number of nitrogens with zero attached hydrogens (tertiary/aromatic N) is 1. The summed E-state index contributed by atoms with van der Waals surface area (Å²) in [5, 5.41) is 0. The molecule has 2 aromatic carbocycles. The number of ether oxygens (including phenoxy) is 1. The molecule has 2 aromatic rings. The molecule has 150 valence electrons. The van der Waals surface area contributed by atoms with Gasteiger partial charge in [0.25, 0.3) is 0 Å². The normalized spacial score (nSPS) is 23.7. The zero-order valence-corrected chi connectivity index (χ0v) is 16.9. The largest absolute Gasteiger partial charge is 0.472 e. The quantitative estimate of drug-likeness (QED) is 0.599. The Balaban J connectivity index is 1.51. The number of hydrogen-bond acceptors (Lipinski definition) is 2. The highest BCUT2D eigenvalue weighted by molar-refractivity contribution is 5.96. The minimum absolute atomic E-state index is 0.0607. The first kappa shape index (κ1) is 19.6. The van der Waals surface area contributed by atoms with E-state index in [1.54, 1.807) is 0 Å². The highest BCUT2D eigenvalue weighted by Crippen LogP contribution is 2.33. The van der Waals surface area contributed by atoms with Crippen LogP contribution in [0.5, 0.6) is 0 Å². The van der Waals surface area contributed by atoms with Gasteiger partial charge in [-0.05, 0) is 48.1 Å². The van der Waals surface area contributed by atoms with Crippen LogP contribution in [0.4, 0.5) is 8.78 Å². The second-order valence-electron chi connectivity index (χ2n) is 8.04. The lowest BCUT2D eigenvalue weighted by atomic mass is 9.86. The Morgan fingerprint density at radius 1 is 1.03 bits per heavy atom. The Bertz CT molecular complexity index is 968. The van der Waals surface area contributed by atoms with Gasteiger partial charge in [-0.3, -0.25) is 0 Å². The molecule has 4 rings (SSSR count). The highest BCUT2D eigenvalue weighted by Gasteiger charge is 2.35. The van der Waals surface area contributed by atoms with Gasteiger partial charge in [-0.1, -0.05) is 62.4 Å². The molecule has 0 N–H and O–H groups in total. The molecule has 0 saturated heterocycles. The van der Waals surface area contributed by atoms with Crippen LogP contribution in [0.15, 0.2) is 65.7 Å². The molecular weight excluding hydrogens is 368 g/mol. The topological polar surface area (TPSA) is 21.6 Å². The Morgan fingerprint density at radius 2 is 1.72 bits per heavy atom. The Labute approximate surface area is 170 Å². The molecule has 0 aromatic heterocycles. The van der Waals surface area contributed by atoms with E-state index < -0.39 is 11.6 Å². The summed E-state index contributed by atoms with van der Waals surface area (Å²) in [4.78, 5) is 4.55. The smallest absolute Gasteiger partial charge is 0.222 e. The van der Waals surface area contributed by atoms with E-state index in [2.05, 4.69) is 61.3 Å². The van der Waals surface area contributed by atoms with Crippen molar-refractivity contribution in [3.63, 3.8) is 0 Å². The number of halogens is 2. The van der Waals surface area contributed by atoms with E-state index in [0.717, 1.165) is 6.42 Å². The molecule has 0 saturated carbocycles. The van der Waals surface area contributed by atoms with Crippen LogP contribution in [0.2, 0.25) is 0 Å². The Kier molecular flexibility index (Phi) is 5.35.